The van der Waals surface area contributed by atoms with Crippen LogP contribution in [0, 0.1) is 0 Å². The number of hydrogen-bond donors (Lipinski definition) is 3. The van der Waals surface area contributed by atoms with Gasteiger partial charge in [-0.25, -0.2) is 0 Å². The maximum Gasteiger partial charge on any atom is 0.174 e. The predicted molar refractivity (Wildman–Crippen MR) is 116 cm³/mol. The predicted octanol–water partition coefficient (Wildman–Crippen LogP) is 5.75. The molecule has 0 spiro atoms. The molecule has 1 aliphatic rings. The Kier molecular flexibility index (Phi) is 6.20. The van der Waals surface area contributed by atoms with Gasteiger partial charge in [-0.15, -0.1) is 0 Å². The number of hydrogen-bond acceptors (Lipinski definition) is 5. The van der Waals surface area contributed by atoms with Crippen LogP contribution in [0.4, 0.5) is 0 Å². The summed E-state index contributed by atoms with van der Waals surface area (Å²) in [6.45, 7) is 6.20. The number of rotatable bonds is 6. The Morgan fingerprint density at radius 1 is 1.03 bits per heavy atom. The molecule has 5 nitrogen and oxygen atoms in total. The van der Waals surface area contributed by atoms with E-state index >= 15 is 0 Å². The molecule has 0 unspecified atom stereocenters. The maximum atomic E-state index is 13.0. The fourth-order valence-corrected chi connectivity index (χ4v) is 3.73. The van der Waals surface area contributed by atoms with E-state index in [2.05, 4.69) is 32.9 Å². The zero-order valence-electron chi connectivity index (χ0n) is 17.6. The molecule has 30 heavy (non-hydrogen) atoms. The summed E-state index contributed by atoms with van der Waals surface area (Å²) in [7, 11) is 0. The number of carbonyl (C=O) groups is 1. The van der Waals surface area contributed by atoms with Gasteiger partial charge in [0.25, 0.3) is 0 Å². The Morgan fingerprint density at radius 2 is 1.73 bits per heavy atom. The summed E-state index contributed by atoms with van der Waals surface area (Å²) in [4.78, 5) is 13.0. The zero-order valence-corrected chi connectivity index (χ0v) is 17.6. The first-order chi connectivity index (χ1) is 14.2. The highest BCUT2D eigenvalue weighted by Crippen LogP contribution is 2.46. The highest BCUT2D eigenvalue weighted by Gasteiger charge is 2.42. The van der Waals surface area contributed by atoms with Crippen LogP contribution in [0.3, 0.4) is 0 Å². The number of phenols is 3. The molecule has 1 atom stereocenters. The molecular formula is C25H28O5. The topological polar surface area (TPSA) is 87.0 Å². The molecule has 1 heterocycles. The molecule has 0 bridgehead atoms. The number of Topliss-reactive ketones (excluding diaryl/α,β-unsaturated/α-hetero) is 1. The first-order valence-corrected chi connectivity index (χ1v) is 10.1. The largest absolute Gasteiger partial charge is 0.508 e. The van der Waals surface area contributed by atoms with Crippen molar-refractivity contribution in [1.29, 1.82) is 0 Å². The summed E-state index contributed by atoms with van der Waals surface area (Å²) in [6.07, 6.45) is 6.60. The second-order valence-electron chi connectivity index (χ2n) is 8.16. The van der Waals surface area contributed by atoms with Crippen LogP contribution in [0.2, 0.25) is 0 Å². The van der Waals surface area contributed by atoms with Crippen LogP contribution in [-0.4, -0.2) is 21.1 Å². The molecule has 0 saturated carbocycles. The van der Waals surface area contributed by atoms with E-state index in [-0.39, 0.29) is 40.8 Å². The van der Waals surface area contributed by atoms with Gasteiger partial charge in [0.15, 0.2) is 5.78 Å². The summed E-state index contributed by atoms with van der Waals surface area (Å²) < 4.78 is 6.29. The average Bonchev–Trinajstić information content (AvgIpc) is 2.65. The number of fused-ring (bicyclic) bond motifs is 1. The van der Waals surface area contributed by atoms with Crippen molar-refractivity contribution in [2.75, 3.05) is 0 Å². The second-order valence-corrected chi connectivity index (χ2v) is 8.16. The minimum absolute atomic E-state index is 0.0425. The van der Waals surface area contributed by atoms with Gasteiger partial charge >= 0.3 is 0 Å². The Hall–Kier alpha value is -3.21. The summed E-state index contributed by atoms with van der Waals surface area (Å²) in [5, 5.41) is 29.7. The normalized spacial score (nSPS) is 18.5. The van der Waals surface area contributed by atoms with Crippen LogP contribution in [0.5, 0.6) is 23.0 Å². The van der Waals surface area contributed by atoms with Crippen molar-refractivity contribution < 1.29 is 24.9 Å². The van der Waals surface area contributed by atoms with Gasteiger partial charge in [-0.1, -0.05) is 35.4 Å². The standard InChI is InChI=1S/C25H28O5/c1-16(2)5-4-6-17(3)11-12-25(18-7-9-19(26)10-8-18)15-22(29)24-21(28)13-20(27)14-23(24)30-25/h5,7-11,13-14,26-28H,4,6,12,15H2,1-3H3/b17-11+/t25-/m0/s1. The lowest BCUT2D eigenvalue weighted by Gasteiger charge is -2.38. The highest BCUT2D eigenvalue weighted by molar-refractivity contribution is 6.03. The molecule has 0 radical (unpaired) electrons. The van der Waals surface area contributed by atoms with E-state index in [4.69, 9.17) is 4.74 Å². The Balaban J connectivity index is 1.98. The second kappa shape index (κ2) is 8.66. The van der Waals surface area contributed by atoms with Gasteiger partial charge < -0.3 is 20.1 Å². The van der Waals surface area contributed by atoms with Crippen LogP contribution < -0.4 is 4.74 Å². The summed E-state index contributed by atoms with van der Waals surface area (Å²) in [5.74, 6) is -0.429. The fourth-order valence-electron chi connectivity index (χ4n) is 3.73. The van der Waals surface area contributed by atoms with Gasteiger partial charge in [0.05, 0.1) is 6.42 Å². The van der Waals surface area contributed by atoms with Crippen molar-refractivity contribution in [1.82, 2.24) is 0 Å². The molecule has 5 heteroatoms. The Morgan fingerprint density at radius 3 is 2.40 bits per heavy atom. The maximum absolute atomic E-state index is 13.0. The number of ketones is 1. The molecule has 0 fully saturated rings. The van der Waals surface area contributed by atoms with Crippen molar-refractivity contribution in [2.45, 2.75) is 52.1 Å². The highest BCUT2D eigenvalue weighted by atomic mass is 16.5. The van der Waals surface area contributed by atoms with Crippen molar-refractivity contribution >= 4 is 5.78 Å². The monoisotopic (exact) mass is 408 g/mol. The lowest BCUT2D eigenvalue weighted by atomic mass is 9.81. The molecule has 0 aliphatic carbocycles. The Bertz CT molecular complexity index is 997. The van der Waals surface area contributed by atoms with Crippen molar-refractivity contribution in [3.05, 3.63) is 70.8 Å². The van der Waals surface area contributed by atoms with Crippen LogP contribution >= 0.6 is 0 Å². The quantitative estimate of drug-likeness (QED) is 0.530. The summed E-state index contributed by atoms with van der Waals surface area (Å²) in [6, 6.07) is 9.09. The number of allylic oxidation sites excluding steroid dienone is 3. The van der Waals surface area contributed by atoms with Crippen molar-refractivity contribution in [3.63, 3.8) is 0 Å². The van der Waals surface area contributed by atoms with E-state index in [1.807, 2.05) is 0 Å². The van der Waals surface area contributed by atoms with Gasteiger partial charge in [-0.05, 0) is 51.3 Å². The zero-order chi connectivity index (χ0) is 21.9. The van der Waals surface area contributed by atoms with Gasteiger partial charge in [0.1, 0.15) is 34.2 Å². The average molecular weight is 408 g/mol. The van der Waals surface area contributed by atoms with Crippen LogP contribution in [0.25, 0.3) is 0 Å². The molecule has 3 rings (SSSR count). The molecule has 0 saturated heterocycles. The van der Waals surface area contributed by atoms with E-state index < -0.39 is 5.60 Å². The molecule has 0 amide bonds. The number of benzene rings is 2. The fraction of sp³-hybridized carbons (Fsp3) is 0.320. The van der Waals surface area contributed by atoms with Crippen LogP contribution in [-0.2, 0) is 5.60 Å². The van der Waals surface area contributed by atoms with E-state index in [0.29, 0.717) is 6.42 Å². The van der Waals surface area contributed by atoms with E-state index in [0.717, 1.165) is 24.5 Å². The van der Waals surface area contributed by atoms with Gasteiger partial charge in [0, 0.05) is 18.6 Å². The van der Waals surface area contributed by atoms with E-state index in [9.17, 15) is 20.1 Å². The van der Waals surface area contributed by atoms with Gasteiger partial charge in [-0.2, -0.15) is 0 Å². The molecule has 0 aromatic heterocycles. The third-order valence-corrected chi connectivity index (χ3v) is 5.36. The smallest absolute Gasteiger partial charge is 0.174 e. The molecule has 2 aromatic carbocycles. The molecule has 1 aliphatic heterocycles. The molecule has 3 N–H and O–H groups in total. The van der Waals surface area contributed by atoms with Crippen LogP contribution in [0.1, 0.15) is 62.4 Å². The van der Waals surface area contributed by atoms with Gasteiger partial charge in [0.2, 0.25) is 0 Å². The molecular weight excluding hydrogens is 380 g/mol. The summed E-state index contributed by atoms with van der Waals surface area (Å²) in [5.41, 5.74) is 2.31. The lowest BCUT2D eigenvalue weighted by Crippen LogP contribution is -2.39. The minimum atomic E-state index is -0.990. The van der Waals surface area contributed by atoms with Crippen LogP contribution in [0.15, 0.2) is 59.7 Å². The summed E-state index contributed by atoms with van der Waals surface area (Å²) >= 11 is 0. The SMILES string of the molecule is CC(C)=CCC/C(C)=C/C[C@@]1(c2ccc(O)cc2)CC(=O)c2c(O)cc(O)cc2O1. The third-order valence-electron chi connectivity index (χ3n) is 5.36. The van der Waals surface area contributed by atoms with E-state index in [1.165, 1.54) is 17.2 Å². The first-order valence-electron chi connectivity index (χ1n) is 10.1. The van der Waals surface area contributed by atoms with Gasteiger partial charge in [-0.3, -0.25) is 4.79 Å². The third kappa shape index (κ3) is 4.67. The number of ether oxygens (including phenoxy) is 1. The van der Waals surface area contributed by atoms with Crippen molar-refractivity contribution in [3.8, 4) is 23.0 Å². The van der Waals surface area contributed by atoms with Crippen molar-refractivity contribution in [2.24, 2.45) is 0 Å². The van der Waals surface area contributed by atoms with E-state index in [1.54, 1.807) is 24.3 Å². The first kappa shape index (κ1) is 21.5. The number of phenolic OH excluding ortho intramolecular Hbond substituents is 3. The molecule has 158 valence electrons. The molecule has 2 aromatic rings. The lowest BCUT2D eigenvalue weighted by molar-refractivity contribution is 0.0390. The number of aromatic hydroxyl groups is 3. The minimum Gasteiger partial charge on any atom is -0.508 e. The Labute approximate surface area is 177 Å². The number of carbonyl (C=O) groups excluding carboxylic acids is 1.